The first-order valence-corrected chi connectivity index (χ1v) is 7.91. The minimum absolute atomic E-state index is 0.390. The number of benzene rings is 2. The Kier molecular flexibility index (Phi) is 6.11. The molecule has 0 saturated heterocycles. The summed E-state index contributed by atoms with van der Waals surface area (Å²) in [5, 5.41) is 7.05. The van der Waals surface area contributed by atoms with Crippen LogP contribution in [0.1, 0.15) is 5.56 Å². The van der Waals surface area contributed by atoms with Crippen molar-refractivity contribution in [1.29, 1.82) is 0 Å². The molecule has 7 heteroatoms. The Morgan fingerprint density at radius 3 is 2.04 bits per heavy atom. The van der Waals surface area contributed by atoms with Gasteiger partial charge in [0.1, 0.15) is 17.2 Å². The Balaban J connectivity index is 2.22. The molecule has 2 aromatic carbocycles. The Hall–Kier alpha value is -2.18. The van der Waals surface area contributed by atoms with Gasteiger partial charge in [-0.25, -0.2) is 0 Å². The molecule has 0 aliphatic rings. The van der Waals surface area contributed by atoms with Gasteiger partial charge in [-0.15, -0.1) is 0 Å². The van der Waals surface area contributed by atoms with E-state index in [2.05, 4.69) is 10.6 Å². The molecule has 0 atom stereocenters. The summed E-state index contributed by atoms with van der Waals surface area (Å²) in [6.07, 6.45) is 0. The van der Waals surface area contributed by atoms with Crippen LogP contribution in [0.25, 0.3) is 0 Å². The van der Waals surface area contributed by atoms with E-state index in [0.29, 0.717) is 33.1 Å². The monoisotopic (exact) mass is 366 g/mol. The fourth-order valence-corrected chi connectivity index (χ4v) is 2.60. The summed E-state index contributed by atoms with van der Waals surface area (Å²) in [5.74, 6) is 1.78. The van der Waals surface area contributed by atoms with Crippen molar-refractivity contribution in [2.75, 3.05) is 32.0 Å². The second-order valence-corrected chi connectivity index (χ2v) is 5.79. The van der Waals surface area contributed by atoms with Gasteiger partial charge in [-0.2, -0.15) is 0 Å². The van der Waals surface area contributed by atoms with Gasteiger partial charge in [0.25, 0.3) is 0 Å². The summed E-state index contributed by atoms with van der Waals surface area (Å²) in [7, 11) is 4.72. The van der Waals surface area contributed by atoms with E-state index >= 15 is 0 Å². The van der Waals surface area contributed by atoms with Gasteiger partial charge in [0.2, 0.25) is 0 Å². The zero-order valence-electron chi connectivity index (χ0n) is 13.9. The number of nitrogens with one attached hydrogen (secondary N) is 2. The van der Waals surface area contributed by atoms with E-state index in [-0.39, 0.29) is 0 Å². The number of methoxy groups -OCH3 is 3. The summed E-state index contributed by atoms with van der Waals surface area (Å²) < 4.78 is 15.9. The molecule has 0 aliphatic carbocycles. The van der Waals surface area contributed by atoms with Crippen LogP contribution in [0.4, 0.5) is 11.4 Å². The van der Waals surface area contributed by atoms with Crippen LogP contribution in [0.5, 0.6) is 17.2 Å². The summed E-state index contributed by atoms with van der Waals surface area (Å²) in [6.45, 7) is 1.99. The number of aryl methyl sites for hydroxylation is 1. The normalized spacial score (nSPS) is 10.0. The number of halogens is 1. The van der Waals surface area contributed by atoms with E-state index < -0.39 is 0 Å². The van der Waals surface area contributed by atoms with E-state index in [4.69, 9.17) is 38.0 Å². The summed E-state index contributed by atoms with van der Waals surface area (Å²) in [4.78, 5) is 0. The van der Waals surface area contributed by atoms with Gasteiger partial charge in [0.05, 0.1) is 37.7 Å². The lowest BCUT2D eigenvalue weighted by molar-refractivity contribution is 0.405. The molecule has 0 saturated carbocycles. The molecule has 0 amide bonds. The average Bonchev–Trinajstić information content (AvgIpc) is 2.56. The number of anilines is 2. The lowest BCUT2D eigenvalue weighted by Gasteiger charge is -2.17. The molecule has 0 spiro atoms. The summed E-state index contributed by atoms with van der Waals surface area (Å²) >= 11 is 11.5. The van der Waals surface area contributed by atoms with E-state index in [1.807, 2.05) is 25.1 Å². The second-order valence-electron chi connectivity index (χ2n) is 4.97. The van der Waals surface area contributed by atoms with Crippen LogP contribution in [0.3, 0.4) is 0 Å². The van der Waals surface area contributed by atoms with E-state index in [0.717, 1.165) is 11.3 Å². The molecule has 0 aliphatic heterocycles. The van der Waals surface area contributed by atoms with Gasteiger partial charge in [-0.1, -0.05) is 17.7 Å². The van der Waals surface area contributed by atoms with Crippen molar-refractivity contribution in [3.05, 3.63) is 40.9 Å². The maximum absolute atomic E-state index is 6.11. The van der Waals surface area contributed by atoms with E-state index in [1.165, 1.54) is 0 Å². The molecule has 0 aromatic heterocycles. The van der Waals surface area contributed by atoms with Crippen LogP contribution in [-0.4, -0.2) is 26.4 Å². The molecular formula is C17H19ClN2O3S. The quantitative estimate of drug-likeness (QED) is 0.761. The van der Waals surface area contributed by atoms with Gasteiger partial charge in [0, 0.05) is 12.1 Å². The number of hydrogen-bond acceptors (Lipinski definition) is 4. The molecule has 5 nitrogen and oxygen atoms in total. The van der Waals surface area contributed by atoms with Crippen molar-refractivity contribution in [1.82, 2.24) is 0 Å². The number of rotatable bonds is 5. The number of thiocarbonyl (C=S) groups is 1. The minimum Gasteiger partial charge on any atom is -0.495 e. The molecule has 2 aromatic rings. The Morgan fingerprint density at radius 1 is 0.875 bits per heavy atom. The largest absolute Gasteiger partial charge is 0.495 e. The van der Waals surface area contributed by atoms with Crippen molar-refractivity contribution in [3.8, 4) is 17.2 Å². The maximum atomic E-state index is 6.11. The Bertz CT molecular complexity index is 753. The van der Waals surface area contributed by atoms with Gasteiger partial charge in [-0.3, -0.25) is 0 Å². The average molecular weight is 367 g/mol. The van der Waals surface area contributed by atoms with Crippen LogP contribution in [-0.2, 0) is 0 Å². The van der Waals surface area contributed by atoms with Gasteiger partial charge < -0.3 is 24.8 Å². The second kappa shape index (κ2) is 8.08. The van der Waals surface area contributed by atoms with Gasteiger partial charge in [0.15, 0.2) is 5.11 Å². The van der Waals surface area contributed by atoms with Crippen molar-refractivity contribution in [3.63, 3.8) is 0 Å². The lowest BCUT2D eigenvalue weighted by Crippen LogP contribution is -2.20. The Labute approximate surface area is 151 Å². The van der Waals surface area contributed by atoms with Crippen molar-refractivity contribution in [2.24, 2.45) is 0 Å². The molecule has 2 rings (SSSR count). The smallest absolute Gasteiger partial charge is 0.175 e. The predicted octanol–water partition coefficient (Wildman–Crippen LogP) is 4.48. The first kappa shape index (κ1) is 18.2. The van der Waals surface area contributed by atoms with Crippen LogP contribution in [0, 0.1) is 6.92 Å². The van der Waals surface area contributed by atoms with Crippen LogP contribution < -0.4 is 24.8 Å². The fraction of sp³-hybridized carbons (Fsp3) is 0.235. The first-order chi connectivity index (χ1) is 11.5. The third-order valence-corrected chi connectivity index (χ3v) is 3.82. The summed E-state index contributed by atoms with van der Waals surface area (Å²) in [6, 6.07) is 9.19. The molecule has 0 unspecified atom stereocenters. The standard InChI is InChI=1S/C17H19ClN2O3S/c1-10-5-6-14(21-2)12(7-10)19-17(24)20-13-9-15(22-3)11(18)8-16(13)23-4/h5-9H,1-4H3,(H2,19,20,24). The van der Waals surface area contributed by atoms with Crippen LogP contribution >= 0.6 is 23.8 Å². The lowest BCUT2D eigenvalue weighted by atomic mass is 10.2. The molecule has 128 valence electrons. The van der Waals surface area contributed by atoms with E-state index in [9.17, 15) is 0 Å². The van der Waals surface area contributed by atoms with Crippen LogP contribution in [0.2, 0.25) is 5.02 Å². The van der Waals surface area contributed by atoms with Gasteiger partial charge >= 0.3 is 0 Å². The third kappa shape index (κ3) is 4.21. The third-order valence-electron chi connectivity index (χ3n) is 3.33. The SMILES string of the molecule is COc1cc(NC(=S)Nc2cc(C)ccc2OC)c(OC)cc1Cl. The number of hydrogen-bond donors (Lipinski definition) is 2. The fourth-order valence-electron chi connectivity index (χ4n) is 2.15. The highest BCUT2D eigenvalue weighted by Crippen LogP contribution is 2.36. The molecule has 0 bridgehead atoms. The molecule has 0 fully saturated rings. The maximum Gasteiger partial charge on any atom is 0.175 e. The van der Waals surface area contributed by atoms with E-state index in [1.54, 1.807) is 33.5 Å². The highest BCUT2D eigenvalue weighted by Gasteiger charge is 2.12. The summed E-state index contributed by atoms with van der Waals surface area (Å²) in [5.41, 5.74) is 2.50. The number of ether oxygens (including phenoxy) is 3. The highest BCUT2D eigenvalue weighted by molar-refractivity contribution is 7.80. The Morgan fingerprint density at radius 2 is 1.46 bits per heavy atom. The highest BCUT2D eigenvalue weighted by atomic mass is 35.5. The molecule has 2 N–H and O–H groups in total. The molecule has 0 radical (unpaired) electrons. The van der Waals surface area contributed by atoms with Crippen molar-refractivity contribution in [2.45, 2.75) is 6.92 Å². The van der Waals surface area contributed by atoms with Crippen molar-refractivity contribution < 1.29 is 14.2 Å². The molecule has 24 heavy (non-hydrogen) atoms. The minimum atomic E-state index is 0.390. The van der Waals surface area contributed by atoms with Gasteiger partial charge in [-0.05, 0) is 36.8 Å². The predicted molar refractivity (Wildman–Crippen MR) is 102 cm³/mol. The van der Waals surface area contributed by atoms with Crippen LogP contribution in [0.15, 0.2) is 30.3 Å². The first-order valence-electron chi connectivity index (χ1n) is 7.12. The molecule has 0 heterocycles. The molecular weight excluding hydrogens is 348 g/mol. The topological polar surface area (TPSA) is 51.8 Å². The zero-order chi connectivity index (χ0) is 17.7. The van der Waals surface area contributed by atoms with Crippen molar-refractivity contribution >= 4 is 40.3 Å². The zero-order valence-corrected chi connectivity index (χ0v) is 15.5.